The molecule has 0 saturated heterocycles. The van der Waals surface area contributed by atoms with Crippen LogP contribution in [0.5, 0.6) is 0 Å². The molecule has 1 atom stereocenters. The Morgan fingerprint density at radius 3 is 1.03 bits per heavy atom. The number of carbonyl (C=O) groups is 3. The number of carbonyl (C=O) groups excluding carboxylic acids is 2. The van der Waals surface area contributed by atoms with Crippen LogP contribution in [0.1, 0.15) is 181 Å². The van der Waals surface area contributed by atoms with Crippen LogP contribution in [0.25, 0.3) is 0 Å². The topological polar surface area (TPSA) is 89.9 Å². The van der Waals surface area contributed by atoms with E-state index < -0.39 is 12.3 Å². The lowest BCUT2D eigenvalue weighted by atomic mass is 10.0. The summed E-state index contributed by atoms with van der Waals surface area (Å²) in [5.41, 5.74) is 0. The zero-order valence-corrected chi connectivity index (χ0v) is 25.0. The van der Waals surface area contributed by atoms with Crippen molar-refractivity contribution in [2.45, 2.75) is 187 Å². The van der Waals surface area contributed by atoms with Crippen LogP contribution < -0.4 is 0 Å². The van der Waals surface area contributed by atoms with Crippen molar-refractivity contribution in [1.29, 1.82) is 0 Å². The number of aliphatic carboxylic acids is 1. The lowest BCUT2D eigenvalue weighted by Crippen LogP contribution is -2.21. The van der Waals surface area contributed by atoms with Crippen LogP contribution in [0.3, 0.4) is 0 Å². The van der Waals surface area contributed by atoms with E-state index in [1.165, 1.54) is 83.5 Å². The number of rotatable bonds is 29. The molecule has 0 bridgehead atoms. The van der Waals surface area contributed by atoms with Gasteiger partial charge in [0.15, 0.2) is 0 Å². The predicted octanol–water partition coefficient (Wildman–Crippen LogP) is 9.67. The van der Waals surface area contributed by atoms with E-state index in [1.807, 2.05) is 0 Å². The van der Waals surface area contributed by atoms with Crippen molar-refractivity contribution in [3.8, 4) is 0 Å². The van der Waals surface area contributed by atoms with Gasteiger partial charge in [0.25, 0.3) is 0 Å². The quantitative estimate of drug-likeness (QED) is 0.0577. The fourth-order valence-electron chi connectivity index (χ4n) is 4.76. The molecule has 1 unspecified atom stereocenters. The number of carboxylic acid groups (broad SMARTS) is 1. The molecule has 38 heavy (non-hydrogen) atoms. The number of carboxylic acids is 1. The first kappa shape index (κ1) is 36.4. The van der Waals surface area contributed by atoms with E-state index in [-0.39, 0.29) is 18.4 Å². The molecule has 0 spiro atoms. The normalized spacial score (nSPS) is 11.8. The van der Waals surface area contributed by atoms with Crippen molar-refractivity contribution in [2.24, 2.45) is 0 Å². The third kappa shape index (κ3) is 29.0. The van der Waals surface area contributed by atoms with E-state index in [4.69, 9.17) is 14.6 Å². The second-order valence-corrected chi connectivity index (χ2v) is 11.0. The number of hydrogen-bond donors (Lipinski definition) is 1. The molecule has 0 rings (SSSR count). The Kier molecular flexibility index (Phi) is 27.2. The Morgan fingerprint density at radius 2 is 0.737 bits per heavy atom. The average molecular weight is 541 g/mol. The first-order valence-corrected chi connectivity index (χ1v) is 16.1. The molecule has 0 aromatic heterocycles. The maximum absolute atomic E-state index is 12.0. The van der Waals surface area contributed by atoms with E-state index in [9.17, 15) is 14.4 Å². The lowest BCUT2D eigenvalue weighted by molar-refractivity contribution is -0.184. The summed E-state index contributed by atoms with van der Waals surface area (Å²) in [6, 6.07) is 0. The molecular weight excluding hydrogens is 480 g/mol. The molecular formula is C32H60O6. The van der Waals surface area contributed by atoms with Gasteiger partial charge in [0.1, 0.15) is 0 Å². The fourth-order valence-corrected chi connectivity index (χ4v) is 4.76. The molecule has 6 heteroatoms. The molecule has 1 N–H and O–H groups in total. The van der Waals surface area contributed by atoms with Crippen LogP contribution in [0.4, 0.5) is 0 Å². The Balaban J connectivity index is 3.43. The second-order valence-electron chi connectivity index (χ2n) is 11.0. The SMILES string of the molecule is CCCCCCCCCCCCCCCCCC(=O)OC(C)OC(=O)CCCCCCCCCCC(=O)O. The molecule has 6 nitrogen and oxygen atoms in total. The van der Waals surface area contributed by atoms with Crippen molar-refractivity contribution >= 4 is 17.9 Å². The van der Waals surface area contributed by atoms with Gasteiger partial charge in [0, 0.05) is 26.2 Å². The van der Waals surface area contributed by atoms with Crippen LogP contribution in [0, 0.1) is 0 Å². The molecule has 0 aliphatic carbocycles. The van der Waals surface area contributed by atoms with Gasteiger partial charge < -0.3 is 14.6 Å². The summed E-state index contributed by atoms with van der Waals surface area (Å²) >= 11 is 0. The van der Waals surface area contributed by atoms with E-state index >= 15 is 0 Å². The standard InChI is InChI=1S/C32H60O6/c1-3-4-5-6-7-8-9-10-11-12-13-14-18-21-24-27-31(35)37-29(2)38-32(36)28-25-22-19-16-15-17-20-23-26-30(33)34/h29H,3-28H2,1-2H3,(H,33,34). The third-order valence-corrected chi connectivity index (χ3v) is 7.10. The van der Waals surface area contributed by atoms with Gasteiger partial charge >= 0.3 is 17.9 Å². The molecule has 0 aliphatic heterocycles. The molecule has 0 saturated carbocycles. The summed E-state index contributed by atoms with van der Waals surface area (Å²) in [5.74, 6) is -1.32. The summed E-state index contributed by atoms with van der Waals surface area (Å²) in [4.78, 5) is 34.4. The van der Waals surface area contributed by atoms with E-state index in [0.29, 0.717) is 12.8 Å². The van der Waals surface area contributed by atoms with Crippen molar-refractivity contribution in [3.05, 3.63) is 0 Å². The molecule has 0 aromatic rings. The van der Waals surface area contributed by atoms with Gasteiger partial charge in [-0.15, -0.1) is 0 Å². The highest BCUT2D eigenvalue weighted by Gasteiger charge is 2.13. The first-order valence-electron chi connectivity index (χ1n) is 16.1. The largest absolute Gasteiger partial charge is 0.481 e. The summed E-state index contributed by atoms with van der Waals surface area (Å²) < 4.78 is 10.4. The zero-order valence-electron chi connectivity index (χ0n) is 25.0. The Labute approximate surface area is 234 Å². The molecule has 0 fully saturated rings. The highest BCUT2D eigenvalue weighted by Crippen LogP contribution is 2.15. The molecule has 224 valence electrons. The average Bonchev–Trinajstić information content (AvgIpc) is 2.87. The van der Waals surface area contributed by atoms with Gasteiger partial charge in [-0.25, -0.2) is 0 Å². The summed E-state index contributed by atoms with van der Waals surface area (Å²) in [6.45, 7) is 3.87. The third-order valence-electron chi connectivity index (χ3n) is 7.10. The summed E-state index contributed by atoms with van der Waals surface area (Å²) in [7, 11) is 0. The van der Waals surface area contributed by atoms with Crippen LogP contribution >= 0.6 is 0 Å². The predicted molar refractivity (Wildman–Crippen MR) is 155 cm³/mol. The highest BCUT2D eigenvalue weighted by molar-refractivity contribution is 5.71. The zero-order chi connectivity index (χ0) is 28.1. The summed E-state index contributed by atoms with van der Waals surface area (Å²) in [6.07, 6.45) is 27.4. The fraction of sp³-hybridized carbons (Fsp3) is 0.906. The molecule has 0 amide bonds. The minimum absolute atomic E-state index is 0.259. The molecule has 0 radical (unpaired) electrons. The number of ether oxygens (including phenoxy) is 2. The number of unbranched alkanes of at least 4 members (excludes halogenated alkanes) is 21. The van der Waals surface area contributed by atoms with Crippen molar-refractivity contribution in [1.82, 2.24) is 0 Å². The first-order chi connectivity index (χ1) is 18.5. The maximum Gasteiger partial charge on any atom is 0.308 e. The second kappa shape index (κ2) is 28.4. The van der Waals surface area contributed by atoms with Gasteiger partial charge in [-0.05, 0) is 19.3 Å². The van der Waals surface area contributed by atoms with E-state index in [2.05, 4.69) is 6.92 Å². The monoisotopic (exact) mass is 540 g/mol. The van der Waals surface area contributed by atoms with Crippen molar-refractivity contribution < 1.29 is 29.0 Å². The minimum Gasteiger partial charge on any atom is -0.481 e. The van der Waals surface area contributed by atoms with Gasteiger partial charge in [0.05, 0.1) is 0 Å². The smallest absolute Gasteiger partial charge is 0.308 e. The Bertz CT molecular complexity index is 562. The Hall–Kier alpha value is -1.59. The summed E-state index contributed by atoms with van der Waals surface area (Å²) in [5, 5.41) is 8.61. The van der Waals surface area contributed by atoms with Gasteiger partial charge in [-0.2, -0.15) is 0 Å². The molecule has 0 aliphatic rings. The lowest BCUT2D eigenvalue weighted by Gasteiger charge is -2.14. The molecule has 0 heterocycles. The van der Waals surface area contributed by atoms with Gasteiger partial charge in [-0.3, -0.25) is 14.4 Å². The van der Waals surface area contributed by atoms with E-state index in [0.717, 1.165) is 64.2 Å². The minimum atomic E-state index is -0.822. The highest BCUT2D eigenvalue weighted by atomic mass is 16.7. The van der Waals surface area contributed by atoms with Crippen molar-refractivity contribution in [3.63, 3.8) is 0 Å². The van der Waals surface area contributed by atoms with Crippen LogP contribution in [-0.2, 0) is 23.9 Å². The van der Waals surface area contributed by atoms with Crippen LogP contribution in [-0.4, -0.2) is 29.3 Å². The maximum atomic E-state index is 12.0. The van der Waals surface area contributed by atoms with Crippen LogP contribution in [0.2, 0.25) is 0 Å². The number of hydrogen-bond acceptors (Lipinski definition) is 5. The van der Waals surface area contributed by atoms with Crippen molar-refractivity contribution in [2.75, 3.05) is 0 Å². The van der Waals surface area contributed by atoms with Gasteiger partial charge in [0.2, 0.25) is 6.29 Å². The van der Waals surface area contributed by atoms with Gasteiger partial charge in [-0.1, -0.05) is 135 Å². The van der Waals surface area contributed by atoms with Crippen LogP contribution in [0.15, 0.2) is 0 Å². The van der Waals surface area contributed by atoms with E-state index in [1.54, 1.807) is 6.92 Å². The number of esters is 2. The molecule has 0 aromatic carbocycles. The Morgan fingerprint density at radius 1 is 0.474 bits per heavy atom.